The molecule has 2 heterocycles. The number of aromatic amines is 1. The van der Waals surface area contributed by atoms with Crippen LogP contribution < -0.4 is 5.56 Å². The molecule has 1 N–H and O–H groups in total. The Labute approximate surface area is 115 Å². The van der Waals surface area contributed by atoms with Crippen molar-refractivity contribution in [3.63, 3.8) is 0 Å². The fraction of sp³-hybridized carbons (Fsp3) is 0. The maximum atomic E-state index is 11.9. The SMILES string of the molecule is C=C/C=C(\S)c1cc(-c2ccco2)c(C#N)c(=O)[nH]1. The van der Waals surface area contributed by atoms with Gasteiger partial charge in [0.05, 0.1) is 12.0 Å². The second kappa shape index (κ2) is 5.46. The Morgan fingerprint density at radius 3 is 2.95 bits per heavy atom. The molecule has 2 rings (SSSR count). The zero-order valence-electron chi connectivity index (χ0n) is 9.88. The zero-order chi connectivity index (χ0) is 13.8. The van der Waals surface area contributed by atoms with Crippen LogP contribution in [-0.4, -0.2) is 4.98 Å². The van der Waals surface area contributed by atoms with Crippen LogP contribution in [0.4, 0.5) is 0 Å². The van der Waals surface area contributed by atoms with Crippen LogP contribution in [0.2, 0.25) is 0 Å². The molecule has 0 atom stereocenters. The third-order valence-corrected chi connectivity index (χ3v) is 2.87. The highest BCUT2D eigenvalue weighted by Crippen LogP contribution is 2.25. The molecule has 4 nitrogen and oxygen atoms in total. The van der Waals surface area contributed by atoms with Crippen LogP contribution in [0, 0.1) is 11.3 Å². The van der Waals surface area contributed by atoms with E-state index < -0.39 is 5.56 Å². The van der Waals surface area contributed by atoms with E-state index in [1.165, 1.54) is 6.26 Å². The highest BCUT2D eigenvalue weighted by molar-refractivity contribution is 7.90. The summed E-state index contributed by atoms with van der Waals surface area (Å²) in [5.74, 6) is 0.462. The van der Waals surface area contributed by atoms with Gasteiger partial charge in [0, 0.05) is 10.5 Å². The molecule has 0 aliphatic carbocycles. The number of hydrogen-bond donors (Lipinski definition) is 2. The fourth-order valence-corrected chi connectivity index (χ4v) is 1.86. The Balaban J connectivity index is 2.72. The Morgan fingerprint density at radius 1 is 1.58 bits per heavy atom. The number of thiol groups is 1. The van der Waals surface area contributed by atoms with Gasteiger partial charge in [-0.25, -0.2) is 0 Å². The second-order valence-corrected chi connectivity index (χ2v) is 4.16. The third kappa shape index (κ3) is 2.54. The largest absolute Gasteiger partial charge is 0.464 e. The monoisotopic (exact) mass is 270 g/mol. The van der Waals surface area contributed by atoms with Gasteiger partial charge in [0.2, 0.25) is 0 Å². The van der Waals surface area contributed by atoms with Crippen molar-refractivity contribution in [1.29, 1.82) is 5.26 Å². The normalized spacial score (nSPS) is 11.1. The van der Waals surface area contributed by atoms with Crippen molar-refractivity contribution >= 4 is 17.5 Å². The number of nitrogens with one attached hydrogen (secondary N) is 1. The quantitative estimate of drug-likeness (QED) is 0.665. The molecular formula is C14H10N2O2S. The summed E-state index contributed by atoms with van der Waals surface area (Å²) in [7, 11) is 0. The van der Waals surface area contributed by atoms with Crippen LogP contribution in [0.25, 0.3) is 16.2 Å². The summed E-state index contributed by atoms with van der Waals surface area (Å²) in [6, 6.07) is 6.92. The maximum Gasteiger partial charge on any atom is 0.267 e. The molecule has 2 aromatic rings. The summed E-state index contributed by atoms with van der Waals surface area (Å²) in [5.41, 5.74) is 0.475. The highest BCUT2D eigenvalue weighted by atomic mass is 32.1. The number of nitriles is 1. The molecule has 19 heavy (non-hydrogen) atoms. The molecule has 0 bridgehead atoms. The number of aromatic nitrogens is 1. The average Bonchev–Trinajstić information content (AvgIpc) is 2.91. The third-order valence-electron chi connectivity index (χ3n) is 2.48. The molecule has 0 aliphatic heterocycles. The van der Waals surface area contributed by atoms with E-state index in [-0.39, 0.29) is 5.56 Å². The van der Waals surface area contributed by atoms with E-state index in [9.17, 15) is 4.79 Å². The molecule has 5 heteroatoms. The molecule has 0 fully saturated rings. The van der Waals surface area contributed by atoms with Crippen molar-refractivity contribution in [2.45, 2.75) is 0 Å². The van der Waals surface area contributed by atoms with E-state index in [1.54, 1.807) is 30.4 Å². The molecule has 0 spiro atoms. The number of rotatable bonds is 3. The van der Waals surface area contributed by atoms with Gasteiger partial charge in [-0.05, 0) is 24.3 Å². The van der Waals surface area contributed by atoms with Crippen molar-refractivity contribution in [1.82, 2.24) is 4.98 Å². The van der Waals surface area contributed by atoms with E-state index >= 15 is 0 Å². The molecule has 0 aliphatic rings. The first-order valence-electron chi connectivity index (χ1n) is 5.40. The number of nitrogens with zero attached hydrogens (tertiary/aromatic N) is 1. The van der Waals surface area contributed by atoms with Gasteiger partial charge in [0.25, 0.3) is 5.56 Å². The first-order valence-corrected chi connectivity index (χ1v) is 5.85. The highest BCUT2D eigenvalue weighted by Gasteiger charge is 2.14. The van der Waals surface area contributed by atoms with Crippen LogP contribution in [0.1, 0.15) is 11.3 Å². The maximum absolute atomic E-state index is 11.9. The van der Waals surface area contributed by atoms with Gasteiger partial charge >= 0.3 is 0 Å². The zero-order valence-corrected chi connectivity index (χ0v) is 10.8. The Kier molecular flexibility index (Phi) is 3.74. The van der Waals surface area contributed by atoms with Gasteiger partial charge < -0.3 is 9.40 Å². The van der Waals surface area contributed by atoms with Gasteiger partial charge in [-0.1, -0.05) is 12.7 Å². The molecule has 0 aromatic carbocycles. The summed E-state index contributed by atoms with van der Waals surface area (Å²) in [6.45, 7) is 3.57. The van der Waals surface area contributed by atoms with Gasteiger partial charge in [-0.2, -0.15) is 5.26 Å². The molecule has 0 saturated heterocycles. The molecular weight excluding hydrogens is 260 g/mol. The van der Waals surface area contributed by atoms with E-state index in [4.69, 9.17) is 9.68 Å². The predicted molar refractivity (Wildman–Crippen MR) is 76.6 cm³/mol. The minimum absolute atomic E-state index is 0.0124. The lowest BCUT2D eigenvalue weighted by molar-refractivity contribution is 0.582. The molecule has 0 saturated carbocycles. The van der Waals surface area contributed by atoms with Crippen LogP contribution in [-0.2, 0) is 0 Å². The Bertz CT molecular complexity index is 734. The molecule has 94 valence electrons. The first-order chi connectivity index (χ1) is 9.17. The van der Waals surface area contributed by atoms with E-state index in [1.807, 2.05) is 6.07 Å². The number of hydrogen-bond acceptors (Lipinski definition) is 4. The summed E-state index contributed by atoms with van der Waals surface area (Å²) in [6.07, 6.45) is 4.69. The summed E-state index contributed by atoms with van der Waals surface area (Å²) in [4.78, 5) is 15.0. The standard InChI is InChI=1S/C14H10N2O2S/c1-2-4-13(19)11-7-9(12-5-3-6-18-12)10(8-15)14(17)16-11/h2-7,19H,1H2,(H,16,17)/b13-4-. The first kappa shape index (κ1) is 13.0. The predicted octanol–water partition coefficient (Wildman–Crippen LogP) is 2.96. The lowest BCUT2D eigenvalue weighted by atomic mass is 10.1. The fourth-order valence-electron chi connectivity index (χ4n) is 1.64. The van der Waals surface area contributed by atoms with Gasteiger partial charge in [0.1, 0.15) is 17.4 Å². The minimum Gasteiger partial charge on any atom is -0.464 e. The number of allylic oxidation sites excluding steroid dienone is 2. The van der Waals surface area contributed by atoms with E-state index in [2.05, 4.69) is 24.2 Å². The smallest absolute Gasteiger partial charge is 0.267 e. The van der Waals surface area contributed by atoms with Crippen molar-refractivity contribution in [3.8, 4) is 17.4 Å². The van der Waals surface area contributed by atoms with Crippen LogP contribution >= 0.6 is 12.6 Å². The van der Waals surface area contributed by atoms with Gasteiger partial charge in [-0.15, -0.1) is 12.6 Å². The van der Waals surface area contributed by atoms with Crippen molar-refractivity contribution in [2.24, 2.45) is 0 Å². The second-order valence-electron chi connectivity index (χ2n) is 3.68. The summed E-state index contributed by atoms with van der Waals surface area (Å²) >= 11 is 4.26. The van der Waals surface area contributed by atoms with E-state index in [0.29, 0.717) is 21.9 Å². The molecule has 0 radical (unpaired) electrons. The summed E-state index contributed by atoms with van der Waals surface area (Å²) in [5, 5.41) is 9.07. The Hall–Kier alpha value is -2.45. The van der Waals surface area contributed by atoms with Crippen LogP contribution in [0.5, 0.6) is 0 Å². The number of pyridine rings is 1. The molecule has 2 aromatic heterocycles. The van der Waals surface area contributed by atoms with Gasteiger partial charge in [-0.3, -0.25) is 4.79 Å². The van der Waals surface area contributed by atoms with Crippen LogP contribution in [0.3, 0.4) is 0 Å². The van der Waals surface area contributed by atoms with Gasteiger partial charge in [0.15, 0.2) is 0 Å². The summed E-state index contributed by atoms with van der Waals surface area (Å²) < 4.78 is 5.24. The van der Waals surface area contributed by atoms with Crippen molar-refractivity contribution < 1.29 is 4.42 Å². The minimum atomic E-state index is -0.476. The van der Waals surface area contributed by atoms with Crippen LogP contribution in [0.15, 0.2) is 52.4 Å². The number of furan rings is 1. The number of H-pyrrole nitrogens is 1. The van der Waals surface area contributed by atoms with E-state index in [0.717, 1.165) is 0 Å². The topological polar surface area (TPSA) is 69.8 Å². The Morgan fingerprint density at radius 2 is 2.37 bits per heavy atom. The lowest BCUT2D eigenvalue weighted by Crippen LogP contribution is -2.13. The molecule has 0 unspecified atom stereocenters. The molecule has 0 amide bonds. The van der Waals surface area contributed by atoms with Crippen molar-refractivity contribution in [2.75, 3.05) is 0 Å². The lowest BCUT2D eigenvalue weighted by Gasteiger charge is -2.05. The van der Waals surface area contributed by atoms with Crippen molar-refractivity contribution in [3.05, 3.63) is 64.8 Å². The average molecular weight is 270 g/mol.